The maximum absolute atomic E-state index is 13.1. The van der Waals surface area contributed by atoms with Crippen molar-refractivity contribution < 1.29 is 17.5 Å². The first kappa shape index (κ1) is 14.2. The van der Waals surface area contributed by atoms with Crippen molar-refractivity contribution in [3.05, 3.63) is 24.0 Å². The number of benzene rings is 1. The van der Waals surface area contributed by atoms with E-state index < -0.39 is 15.8 Å². The predicted octanol–water partition coefficient (Wildman–Crippen LogP) is 1.21. The Morgan fingerprint density at radius 3 is 2.42 bits per heavy atom. The Morgan fingerprint density at radius 1 is 1.32 bits per heavy atom. The van der Waals surface area contributed by atoms with Gasteiger partial charge < -0.3 is 10.5 Å². The van der Waals surface area contributed by atoms with Crippen LogP contribution in [0.1, 0.15) is 13.8 Å². The molecule has 0 amide bonds. The molecule has 106 valence electrons. The Hall–Kier alpha value is -1.18. The zero-order valence-corrected chi connectivity index (χ0v) is 11.7. The maximum Gasteiger partial charge on any atom is 0.243 e. The fourth-order valence-corrected chi connectivity index (χ4v) is 3.78. The molecule has 1 saturated heterocycles. The molecule has 0 aromatic heterocycles. The van der Waals surface area contributed by atoms with Gasteiger partial charge >= 0.3 is 0 Å². The molecule has 0 unspecified atom stereocenters. The molecular weight excluding hydrogens is 271 g/mol. The Kier molecular flexibility index (Phi) is 3.80. The van der Waals surface area contributed by atoms with Crippen LogP contribution in [-0.2, 0) is 14.8 Å². The zero-order valence-electron chi connectivity index (χ0n) is 10.8. The van der Waals surface area contributed by atoms with E-state index >= 15 is 0 Å². The molecular formula is C12H17FN2O3S. The van der Waals surface area contributed by atoms with E-state index in [1.54, 1.807) is 0 Å². The Morgan fingerprint density at radius 2 is 1.89 bits per heavy atom. The number of anilines is 1. The number of nitrogen functional groups attached to an aromatic ring is 1. The summed E-state index contributed by atoms with van der Waals surface area (Å²) in [6, 6.07) is 3.44. The van der Waals surface area contributed by atoms with Crippen LogP contribution in [0, 0.1) is 5.82 Å². The van der Waals surface area contributed by atoms with Crippen LogP contribution in [0.4, 0.5) is 10.1 Å². The van der Waals surface area contributed by atoms with Crippen molar-refractivity contribution in [3.8, 4) is 0 Å². The fraction of sp³-hybridized carbons (Fsp3) is 0.500. The standard InChI is InChI=1S/C12H17FN2O3S/c1-8-6-15(7-9(2)18-8)19(16,17)10-3-4-11(13)12(14)5-10/h3-5,8-9H,6-7,14H2,1-2H3/t8-,9+. The van der Waals surface area contributed by atoms with Crippen LogP contribution >= 0.6 is 0 Å². The molecule has 19 heavy (non-hydrogen) atoms. The monoisotopic (exact) mass is 288 g/mol. The van der Waals surface area contributed by atoms with E-state index in [0.29, 0.717) is 0 Å². The molecule has 1 aliphatic rings. The molecule has 1 aromatic rings. The number of sulfonamides is 1. The van der Waals surface area contributed by atoms with E-state index in [2.05, 4.69) is 0 Å². The minimum absolute atomic E-state index is 0.00713. The molecule has 2 rings (SSSR count). The summed E-state index contributed by atoms with van der Waals surface area (Å²) in [5.74, 6) is -0.623. The van der Waals surface area contributed by atoms with Gasteiger partial charge in [0, 0.05) is 13.1 Å². The molecule has 0 spiro atoms. The normalized spacial score (nSPS) is 25.4. The maximum atomic E-state index is 13.1. The van der Waals surface area contributed by atoms with Gasteiger partial charge in [0.1, 0.15) is 5.82 Å². The van der Waals surface area contributed by atoms with Gasteiger partial charge in [-0.3, -0.25) is 0 Å². The Bertz CT molecular complexity index is 566. The lowest BCUT2D eigenvalue weighted by atomic mass is 10.3. The van der Waals surface area contributed by atoms with Crippen LogP contribution < -0.4 is 5.73 Å². The van der Waals surface area contributed by atoms with Crippen molar-refractivity contribution in [2.24, 2.45) is 0 Å². The second-order valence-electron chi connectivity index (χ2n) is 4.76. The number of morpholine rings is 1. The smallest absolute Gasteiger partial charge is 0.243 e. The van der Waals surface area contributed by atoms with Crippen LogP contribution in [0.25, 0.3) is 0 Å². The third-order valence-electron chi connectivity index (χ3n) is 2.99. The van der Waals surface area contributed by atoms with E-state index in [9.17, 15) is 12.8 Å². The summed E-state index contributed by atoms with van der Waals surface area (Å²) < 4.78 is 44.8. The lowest BCUT2D eigenvalue weighted by Gasteiger charge is -2.34. The van der Waals surface area contributed by atoms with Crippen LogP contribution in [0.3, 0.4) is 0 Å². The van der Waals surface area contributed by atoms with Gasteiger partial charge in [-0.25, -0.2) is 12.8 Å². The van der Waals surface area contributed by atoms with Crippen molar-refractivity contribution in [3.63, 3.8) is 0 Å². The summed E-state index contributed by atoms with van der Waals surface area (Å²) in [5.41, 5.74) is 5.25. The molecule has 1 heterocycles. The Labute approximate surface area is 112 Å². The highest BCUT2D eigenvalue weighted by Crippen LogP contribution is 2.23. The van der Waals surface area contributed by atoms with Gasteiger partial charge in [0.15, 0.2) is 0 Å². The lowest BCUT2D eigenvalue weighted by molar-refractivity contribution is -0.0440. The van der Waals surface area contributed by atoms with Gasteiger partial charge in [0.2, 0.25) is 10.0 Å². The van der Waals surface area contributed by atoms with Gasteiger partial charge in [-0.05, 0) is 32.0 Å². The third-order valence-corrected chi connectivity index (χ3v) is 4.82. The van der Waals surface area contributed by atoms with Crippen molar-refractivity contribution in [1.82, 2.24) is 4.31 Å². The van der Waals surface area contributed by atoms with Crippen molar-refractivity contribution in [1.29, 1.82) is 0 Å². The molecule has 2 atom stereocenters. The van der Waals surface area contributed by atoms with E-state index in [0.717, 1.165) is 12.1 Å². The van der Waals surface area contributed by atoms with Gasteiger partial charge in [-0.1, -0.05) is 0 Å². The second-order valence-corrected chi connectivity index (χ2v) is 6.70. The van der Waals surface area contributed by atoms with E-state index in [1.807, 2.05) is 13.8 Å². The molecule has 0 bridgehead atoms. The molecule has 1 fully saturated rings. The SMILES string of the molecule is C[C@@H]1CN(S(=O)(=O)c2ccc(F)c(N)c2)C[C@H](C)O1. The number of nitrogens with zero attached hydrogens (tertiary/aromatic N) is 1. The van der Waals surface area contributed by atoms with Crippen LogP contribution in [-0.4, -0.2) is 38.0 Å². The second kappa shape index (κ2) is 5.07. The number of ether oxygens (including phenoxy) is 1. The molecule has 0 radical (unpaired) electrons. The summed E-state index contributed by atoms with van der Waals surface area (Å²) in [4.78, 5) is 0.00713. The first-order valence-corrected chi connectivity index (χ1v) is 7.45. The molecule has 0 aliphatic carbocycles. The lowest BCUT2D eigenvalue weighted by Crippen LogP contribution is -2.48. The first-order chi connectivity index (χ1) is 8.80. The molecule has 2 N–H and O–H groups in total. The summed E-state index contributed by atoms with van der Waals surface area (Å²) in [5, 5.41) is 0. The molecule has 7 heteroatoms. The van der Waals surface area contributed by atoms with Crippen molar-refractivity contribution >= 4 is 15.7 Å². The third kappa shape index (κ3) is 2.88. The number of rotatable bonds is 2. The average Bonchev–Trinajstić information content (AvgIpc) is 2.31. The first-order valence-electron chi connectivity index (χ1n) is 6.01. The van der Waals surface area contributed by atoms with Gasteiger partial charge in [0.25, 0.3) is 0 Å². The van der Waals surface area contributed by atoms with E-state index in [1.165, 1.54) is 10.4 Å². The fourth-order valence-electron chi connectivity index (χ4n) is 2.16. The number of halogens is 1. The van der Waals surface area contributed by atoms with Crippen molar-refractivity contribution in [2.45, 2.75) is 31.0 Å². The summed E-state index contributed by atoms with van der Waals surface area (Å²) in [6.07, 6.45) is -0.340. The predicted molar refractivity (Wildman–Crippen MR) is 69.6 cm³/mol. The summed E-state index contributed by atoms with van der Waals surface area (Å²) in [6.45, 7) is 4.20. The Balaban J connectivity index is 2.33. The van der Waals surface area contributed by atoms with Crippen LogP contribution in [0.15, 0.2) is 23.1 Å². The van der Waals surface area contributed by atoms with Gasteiger partial charge in [-0.2, -0.15) is 4.31 Å². The highest BCUT2D eigenvalue weighted by molar-refractivity contribution is 7.89. The quantitative estimate of drug-likeness (QED) is 0.830. The van der Waals surface area contributed by atoms with Crippen LogP contribution in [0.2, 0.25) is 0 Å². The molecule has 0 saturated carbocycles. The molecule has 1 aliphatic heterocycles. The van der Waals surface area contributed by atoms with Gasteiger partial charge in [-0.15, -0.1) is 0 Å². The average molecular weight is 288 g/mol. The van der Waals surface area contributed by atoms with E-state index in [4.69, 9.17) is 10.5 Å². The highest BCUT2D eigenvalue weighted by atomic mass is 32.2. The largest absolute Gasteiger partial charge is 0.396 e. The highest BCUT2D eigenvalue weighted by Gasteiger charge is 2.32. The minimum Gasteiger partial charge on any atom is -0.396 e. The number of hydrogen-bond donors (Lipinski definition) is 1. The summed E-state index contributed by atoms with van der Waals surface area (Å²) >= 11 is 0. The van der Waals surface area contributed by atoms with Crippen LogP contribution in [0.5, 0.6) is 0 Å². The minimum atomic E-state index is -3.66. The zero-order chi connectivity index (χ0) is 14.2. The molecule has 1 aromatic carbocycles. The summed E-state index contributed by atoms with van der Waals surface area (Å²) in [7, 11) is -3.66. The number of hydrogen-bond acceptors (Lipinski definition) is 4. The van der Waals surface area contributed by atoms with Crippen molar-refractivity contribution in [2.75, 3.05) is 18.8 Å². The molecule has 5 nitrogen and oxygen atoms in total. The topological polar surface area (TPSA) is 72.6 Å². The van der Waals surface area contributed by atoms with Gasteiger partial charge in [0.05, 0.1) is 22.8 Å². The van der Waals surface area contributed by atoms with E-state index in [-0.39, 0.29) is 35.9 Å². The number of nitrogens with two attached hydrogens (primary N) is 1.